The number of ether oxygens (including phenoxy) is 2. The second-order valence-electron chi connectivity index (χ2n) is 6.17. The minimum atomic E-state index is -1.49. The number of carbonyl (C=O) groups is 3. The van der Waals surface area contributed by atoms with Crippen molar-refractivity contribution in [2.75, 3.05) is 23.8 Å². The van der Waals surface area contributed by atoms with Crippen LogP contribution in [0.2, 0.25) is 0 Å². The molecule has 0 aliphatic rings. The van der Waals surface area contributed by atoms with Gasteiger partial charge in [0.05, 0.1) is 30.6 Å². The molecule has 0 fully saturated rings. The van der Waals surface area contributed by atoms with Crippen LogP contribution in [-0.2, 0) is 9.59 Å². The topological polar surface area (TPSA) is 117 Å². The van der Waals surface area contributed by atoms with Crippen LogP contribution < -0.4 is 25.2 Å². The van der Waals surface area contributed by atoms with Gasteiger partial charge in [-0.1, -0.05) is 17.7 Å². The van der Waals surface area contributed by atoms with E-state index >= 15 is 0 Å². The first kappa shape index (κ1) is 22.5. The number of carboxylic acids is 1. The summed E-state index contributed by atoms with van der Waals surface area (Å²) >= 11 is 0. The maximum atomic E-state index is 12.6. The Balaban J connectivity index is 2.36. The maximum Gasteiger partial charge on any atom is 0.255 e. The number of aryl methyl sites for hydroxylation is 1. The zero-order valence-corrected chi connectivity index (χ0v) is 17.0. The van der Waals surface area contributed by atoms with Gasteiger partial charge in [-0.15, -0.1) is 0 Å². The van der Waals surface area contributed by atoms with E-state index in [0.717, 1.165) is 11.6 Å². The lowest BCUT2D eigenvalue weighted by Gasteiger charge is -2.17. The van der Waals surface area contributed by atoms with Gasteiger partial charge in [-0.05, 0) is 39.0 Å². The van der Waals surface area contributed by atoms with Crippen molar-refractivity contribution in [2.45, 2.75) is 20.8 Å². The quantitative estimate of drug-likeness (QED) is 0.612. The molecule has 0 saturated carbocycles. The fraction of sp³-hybridized carbons (Fsp3) is 0.227. The number of aliphatic carboxylic acids is 1. The number of carboxylic acid groups (broad SMARTS) is 1. The molecule has 0 aliphatic carbocycles. The number of rotatable bonds is 9. The Morgan fingerprint density at radius 2 is 1.43 bits per heavy atom. The van der Waals surface area contributed by atoms with Crippen LogP contribution in [-0.4, -0.2) is 31.0 Å². The van der Waals surface area contributed by atoms with Crippen molar-refractivity contribution < 1.29 is 29.0 Å². The lowest BCUT2D eigenvalue weighted by molar-refractivity contribution is -0.297. The van der Waals surface area contributed by atoms with Crippen LogP contribution in [0.15, 0.2) is 48.6 Å². The lowest BCUT2D eigenvalue weighted by Crippen LogP contribution is -2.20. The second-order valence-corrected chi connectivity index (χ2v) is 6.17. The van der Waals surface area contributed by atoms with Gasteiger partial charge in [0.25, 0.3) is 5.91 Å². The van der Waals surface area contributed by atoms with E-state index in [9.17, 15) is 19.5 Å². The summed E-state index contributed by atoms with van der Waals surface area (Å²) in [6.45, 7) is 6.10. The lowest BCUT2D eigenvalue weighted by atomic mass is 10.1. The van der Waals surface area contributed by atoms with Crippen LogP contribution in [0.3, 0.4) is 0 Å². The van der Waals surface area contributed by atoms with Gasteiger partial charge in [-0.2, -0.15) is 0 Å². The Labute approximate surface area is 174 Å². The van der Waals surface area contributed by atoms with Crippen LogP contribution in [0.1, 0.15) is 29.8 Å². The molecule has 0 heterocycles. The molecule has 0 spiro atoms. The van der Waals surface area contributed by atoms with E-state index in [4.69, 9.17) is 9.47 Å². The number of nitrogens with one attached hydrogen (secondary N) is 2. The van der Waals surface area contributed by atoms with Gasteiger partial charge in [0.2, 0.25) is 5.91 Å². The third-order valence-electron chi connectivity index (χ3n) is 3.87. The van der Waals surface area contributed by atoms with E-state index in [2.05, 4.69) is 10.6 Å². The van der Waals surface area contributed by atoms with Crippen LogP contribution in [0.25, 0.3) is 0 Å². The van der Waals surface area contributed by atoms with Crippen molar-refractivity contribution in [3.05, 3.63) is 59.7 Å². The van der Waals surface area contributed by atoms with E-state index in [-0.39, 0.29) is 17.3 Å². The Morgan fingerprint density at radius 1 is 0.900 bits per heavy atom. The first-order valence-corrected chi connectivity index (χ1v) is 9.35. The molecule has 2 N–H and O–H groups in total. The molecule has 30 heavy (non-hydrogen) atoms. The van der Waals surface area contributed by atoms with Crippen molar-refractivity contribution in [1.82, 2.24) is 0 Å². The van der Waals surface area contributed by atoms with Crippen LogP contribution in [0, 0.1) is 6.92 Å². The highest BCUT2D eigenvalue weighted by Crippen LogP contribution is 2.37. The van der Waals surface area contributed by atoms with Crippen molar-refractivity contribution in [3.63, 3.8) is 0 Å². The van der Waals surface area contributed by atoms with Crippen molar-refractivity contribution in [3.8, 4) is 11.5 Å². The normalized spacial score (nSPS) is 10.5. The van der Waals surface area contributed by atoms with Gasteiger partial charge in [0, 0.05) is 23.8 Å². The Kier molecular flexibility index (Phi) is 7.99. The number of carbonyl (C=O) groups excluding carboxylic acids is 3. The summed E-state index contributed by atoms with van der Waals surface area (Å²) in [6.07, 6.45) is 1.45. The van der Waals surface area contributed by atoms with E-state index in [1.807, 2.05) is 19.1 Å². The van der Waals surface area contributed by atoms with Crippen molar-refractivity contribution >= 4 is 29.2 Å². The van der Waals surface area contributed by atoms with E-state index < -0.39 is 11.9 Å². The third-order valence-corrected chi connectivity index (χ3v) is 3.87. The Morgan fingerprint density at radius 3 is 1.93 bits per heavy atom. The second kappa shape index (κ2) is 10.7. The molecule has 158 valence electrons. The molecule has 0 atom stereocenters. The largest absolute Gasteiger partial charge is 0.545 e. The fourth-order valence-corrected chi connectivity index (χ4v) is 2.52. The van der Waals surface area contributed by atoms with Gasteiger partial charge < -0.3 is 30.0 Å². The summed E-state index contributed by atoms with van der Waals surface area (Å²) < 4.78 is 11.2. The molecule has 2 aromatic rings. The maximum absolute atomic E-state index is 12.6. The summed E-state index contributed by atoms with van der Waals surface area (Å²) in [6, 6.07) is 10.1. The Bertz CT molecular complexity index is 951. The summed E-state index contributed by atoms with van der Waals surface area (Å²) in [4.78, 5) is 35.1. The van der Waals surface area contributed by atoms with Gasteiger partial charge in [0.15, 0.2) is 0 Å². The smallest absolute Gasteiger partial charge is 0.255 e. The summed E-state index contributed by atoms with van der Waals surface area (Å²) in [5.41, 5.74) is 2.15. The molecule has 2 aromatic carbocycles. The standard InChI is InChI=1S/C22H24N2O6/c1-4-29-18-13-17(24-22(28)15-8-6-14(3)7-9-15)19(30-5-2)12-16(18)23-20(25)10-11-21(26)27/h6-13H,4-5H2,1-3H3,(H,23,25)(H,24,28)(H,26,27)/p-1/b11-10+. The summed E-state index contributed by atoms with van der Waals surface area (Å²) in [7, 11) is 0. The van der Waals surface area contributed by atoms with Crippen LogP contribution in [0.4, 0.5) is 11.4 Å². The molecule has 8 heteroatoms. The molecule has 2 amide bonds. The van der Waals surface area contributed by atoms with Crippen LogP contribution in [0.5, 0.6) is 11.5 Å². The van der Waals surface area contributed by atoms with Crippen molar-refractivity contribution in [2.24, 2.45) is 0 Å². The monoisotopic (exact) mass is 411 g/mol. The highest BCUT2D eigenvalue weighted by molar-refractivity contribution is 6.06. The molecule has 0 aliphatic heterocycles. The molecule has 2 rings (SSSR count). The minimum Gasteiger partial charge on any atom is -0.545 e. The molecular weight excluding hydrogens is 388 g/mol. The van der Waals surface area contributed by atoms with Gasteiger partial charge in [0.1, 0.15) is 11.5 Å². The van der Waals surface area contributed by atoms with E-state index in [1.165, 1.54) is 6.07 Å². The average Bonchev–Trinajstić information content (AvgIpc) is 2.70. The highest BCUT2D eigenvalue weighted by Gasteiger charge is 2.16. The number of anilines is 2. The number of hydrogen-bond acceptors (Lipinski definition) is 6. The van der Waals surface area contributed by atoms with Crippen molar-refractivity contribution in [1.29, 1.82) is 0 Å². The predicted molar refractivity (Wildman–Crippen MR) is 111 cm³/mol. The number of amides is 2. The molecular formula is C22H23N2O6-. The first-order chi connectivity index (χ1) is 14.3. The van der Waals surface area contributed by atoms with E-state index in [0.29, 0.717) is 36.3 Å². The first-order valence-electron chi connectivity index (χ1n) is 9.35. The molecule has 0 unspecified atom stereocenters. The molecule has 0 bridgehead atoms. The minimum absolute atomic E-state index is 0.265. The van der Waals surface area contributed by atoms with Gasteiger partial charge in [-0.25, -0.2) is 0 Å². The van der Waals surface area contributed by atoms with Gasteiger partial charge in [-0.3, -0.25) is 9.59 Å². The third kappa shape index (κ3) is 6.37. The number of benzene rings is 2. The van der Waals surface area contributed by atoms with E-state index in [1.54, 1.807) is 32.0 Å². The Hall–Kier alpha value is -3.81. The number of hydrogen-bond donors (Lipinski definition) is 2. The molecule has 0 saturated heterocycles. The zero-order chi connectivity index (χ0) is 22.1. The van der Waals surface area contributed by atoms with Crippen LogP contribution >= 0.6 is 0 Å². The molecule has 8 nitrogen and oxygen atoms in total. The predicted octanol–water partition coefficient (Wildman–Crippen LogP) is 2.29. The zero-order valence-electron chi connectivity index (χ0n) is 17.0. The fourth-order valence-electron chi connectivity index (χ4n) is 2.52. The average molecular weight is 411 g/mol. The molecule has 0 aromatic heterocycles. The van der Waals surface area contributed by atoms with Gasteiger partial charge >= 0.3 is 0 Å². The summed E-state index contributed by atoms with van der Waals surface area (Å²) in [5.74, 6) is -1.89. The summed E-state index contributed by atoms with van der Waals surface area (Å²) in [5, 5.41) is 15.8. The highest BCUT2D eigenvalue weighted by atomic mass is 16.5. The SMILES string of the molecule is CCOc1cc(NC(=O)c2ccc(C)cc2)c(OCC)cc1NC(=O)/C=C/C(=O)[O-]. The molecule has 0 radical (unpaired) electrons.